The number of amidine groups is 1. The van der Waals surface area contributed by atoms with Crippen LogP contribution in [0.25, 0.3) is 6.08 Å². The third kappa shape index (κ3) is 2.77. The van der Waals surface area contributed by atoms with Crippen molar-refractivity contribution in [1.29, 1.82) is 0 Å². The number of carbonyl (C=O) groups excluding carboxylic acids is 1. The number of aliphatic imine (C=N–C) groups is 1. The molecule has 0 saturated carbocycles. The normalized spacial score (nSPS) is 19.3. The molecule has 1 aromatic heterocycles. The molecule has 0 N–H and O–H groups in total. The van der Waals surface area contributed by atoms with Gasteiger partial charge in [-0.3, -0.25) is 9.69 Å². The summed E-state index contributed by atoms with van der Waals surface area (Å²) in [5.41, 5.74) is 1.36. The molecule has 2 aliphatic rings. The molecule has 2 aliphatic heterocycles. The van der Waals surface area contributed by atoms with Gasteiger partial charge in [-0.15, -0.1) is 11.3 Å². The number of nitrogens with zero attached hydrogens (tertiary/aromatic N) is 3. The molecule has 2 aromatic rings. The molecule has 1 saturated heterocycles. The number of carbonyl (C=O) groups is 1. The number of amides is 1. The Hall–Kier alpha value is -2.12. The lowest BCUT2D eigenvalue weighted by Crippen LogP contribution is -2.46. The first-order valence-electron chi connectivity index (χ1n) is 7.00. The van der Waals surface area contributed by atoms with Crippen molar-refractivity contribution in [3.05, 3.63) is 58.2 Å². The summed E-state index contributed by atoms with van der Waals surface area (Å²) in [7, 11) is 0. The predicted molar refractivity (Wildman–Crippen MR) is 92.8 cm³/mol. The molecule has 1 fully saturated rings. The smallest absolute Gasteiger partial charge is 0.280 e. The molecular formula is C16H12FN3OS2. The van der Waals surface area contributed by atoms with E-state index in [1.807, 2.05) is 28.5 Å². The fourth-order valence-electron chi connectivity index (χ4n) is 2.43. The van der Waals surface area contributed by atoms with Gasteiger partial charge in [0, 0.05) is 10.6 Å². The maximum absolute atomic E-state index is 13.0. The van der Waals surface area contributed by atoms with Crippen LogP contribution in [0.3, 0.4) is 0 Å². The quantitative estimate of drug-likeness (QED) is 0.781. The summed E-state index contributed by atoms with van der Waals surface area (Å²) in [5, 5.41) is 2.70. The summed E-state index contributed by atoms with van der Waals surface area (Å²) in [5.74, 6) is 0.326. The number of hydrogen-bond acceptors (Lipinski definition) is 5. The molecule has 0 radical (unpaired) electrons. The third-order valence-electron chi connectivity index (χ3n) is 3.59. The van der Waals surface area contributed by atoms with Gasteiger partial charge in [-0.05, 0) is 41.8 Å². The Morgan fingerprint density at radius 2 is 2.04 bits per heavy atom. The van der Waals surface area contributed by atoms with E-state index in [0.29, 0.717) is 18.2 Å². The van der Waals surface area contributed by atoms with Crippen LogP contribution in [0, 0.1) is 5.82 Å². The van der Waals surface area contributed by atoms with Crippen LogP contribution in [0.15, 0.2) is 52.5 Å². The van der Waals surface area contributed by atoms with E-state index in [-0.39, 0.29) is 11.7 Å². The van der Waals surface area contributed by atoms with Crippen LogP contribution in [-0.4, -0.2) is 28.5 Å². The molecule has 1 aromatic carbocycles. The van der Waals surface area contributed by atoms with Crippen LogP contribution in [0.2, 0.25) is 0 Å². The van der Waals surface area contributed by atoms with Crippen LogP contribution in [0.1, 0.15) is 4.88 Å². The van der Waals surface area contributed by atoms with E-state index in [1.54, 1.807) is 28.4 Å². The van der Waals surface area contributed by atoms with E-state index in [2.05, 4.69) is 4.99 Å². The minimum Gasteiger partial charge on any atom is -0.343 e. The predicted octanol–water partition coefficient (Wildman–Crippen LogP) is 3.59. The van der Waals surface area contributed by atoms with Crippen molar-refractivity contribution in [2.45, 2.75) is 0 Å². The minimum absolute atomic E-state index is 0.0901. The van der Waals surface area contributed by atoms with Crippen molar-refractivity contribution in [3.63, 3.8) is 0 Å². The third-order valence-corrected chi connectivity index (χ3v) is 5.42. The molecule has 3 heterocycles. The van der Waals surface area contributed by atoms with Gasteiger partial charge in [0.05, 0.1) is 5.88 Å². The van der Waals surface area contributed by atoms with E-state index < -0.39 is 0 Å². The second-order valence-corrected chi connectivity index (χ2v) is 6.99. The molecule has 7 heteroatoms. The summed E-state index contributed by atoms with van der Waals surface area (Å²) in [6, 6.07) is 10.2. The van der Waals surface area contributed by atoms with Crippen LogP contribution >= 0.6 is 23.1 Å². The average Bonchev–Trinajstić information content (AvgIpc) is 3.17. The van der Waals surface area contributed by atoms with Gasteiger partial charge in [-0.1, -0.05) is 17.8 Å². The molecule has 4 rings (SSSR count). The number of hydrogen-bond donors (Lipinski definition) is 0. The monoisotopic (exact) mass is 345 g/mol. The Kier molecular flexibility index (Phi) is 3.66. The maximum atomic E-state index is 13.0. The second kappa shape index (κ2) is 5.82. The van der Waals surface area contributed by atoms with E-state index in [1.165, 1.54) is 23.9 Å². The lowest BCUT2D eigenvalue weighted by Gasteiger charge is -2.34. The van der Waals surface area contributed by atoms with Crippen molar-refractivity contribution in [2.75, 3.05) is 17.4 Å². The molecule has 4 nitrogen and oxygen atoms in total. The first-order valence-corrected chi connectivity index (χ1v) is 8.86. The topological polar surface area (TPSA) is 35.9 Å². The Balaban J connectivity index is 1.56. The Morgan fingerprint density at radius 3 is 2.78 bits per heavy atom. The number of thiophene rings is 1. The number of fused-ring (bicyclic) bond motifs is 1. The van der Waals surface area contributed by atoms with Gasteiger partial charge < -0.3 is 4.90 Å². The number of rotatable bonds is 2. The lowest BCUT2D eigenvalue weighted by molar-refractivity contribution is -0.122. The van der Waals surface area contributed by atoms with Crippen LogP contribution in [-0.2, 0) is 4.79 Å². The fourth-order valence-corrected chi connectivity index (χ4v) is 4.04. The zero-order valence-corrected chi connectivity index (χ0v) is 13.6. The summed E-state index contributed by atoms with van der Waals surface area (Å²) in [6.07, 6.45) is 1.82. The summed E-state index contributed by atoms with van der Waals surface area (Å²) < 4.78 is 13.0. The van der Waals surface area contributed by atoms with E-state index in [9.17, 15) is 9.18 Å². The van der Waals surface area contributed by atoms with Crippen molar-refractivity contribution in [3.8, 4) is 0 Å². The molecule has 0 spiro atoms. The van der Waals surface area contributed by atoms with E-state index in [4.69, 9.17) is 0 Å². The van der Waals surface area contributed by atoms with E-state index in [0.717, 1.165) is 15.7 Å². The minimum atomic E-state index is -0.265. The van der Waals surface area contributed by atoms with Gasteiger partial charge in [-0.25, -0.2) is 9.38 Å². The summed E-state index contributed by atoms with van der Waals surface area (Å²) in [4.78, 5) is 21.7. The zero-order chi connectivity index (χ0) is 15.8. The molecule has 0 unspecified atom stereocenters. The number of halogens is 1. The Labute approximate surface area is 140 Å². The largest absolute Gasteiger partial charge is 0.343 e. The van der Waals surface area contributed by atoms with Crippen molar-refractivity contribution in [1.82, 2.24) is 4.90 Å². The highest BCUT2D eigenvalue weighted by atomic mass is 32.2. The standard InChI is InChI=1S/C16H12FN3OS2/c17-11-3-5-12(6-4-11)19-9-20-15(21)14(18-16(20)23-10-19)8-13-2-1-7-22-13/h1-8H,9-10H2. The Morgan fingerprint density at radius 1 is 1.22 bits per heavy atom. The van der Waals surface area contributed by atoms with Crippen molar-refractivity contribution < 1.29 is 9.18 Å². The van der Waals surface area contributed by atoms with Gasteiger partial charge >= 0.3 is 0 Å². The number of benzene rings is 1. The maximum Gasteiger partial charge on any atom is 0.280 e. The molecule has 1 amide bonds. The zero-order valence-electron chi connectivity index (χ0n) is 12.0. The first-order chi connectivity index (χ1) is 11.2. The first kappa shape index (κ1) is 14.5. The highest BCUT2D eigenvalue weighted by Gasteiger charge is 2.35. The van der Waals surface area contributed by atoms with Gasteiger partial charge in [0.2, 0.25) is 0 Å². The number of anilines is 1. The second-order valence-electron chi connectivity index (χ2n) is 5.10. The van der Waals surface area contributed by atoms with Crippen molar-refractivity contribution >= 4 is 45.9 Å². The summed E-state index contributed by atoms with van der Waals surface area (Å²) in [6.45, 7) is 0.429. The fraction of sp³-hybridized carbons (Fsp3) is 0.125. The lowest BCUT2D eigenvalue weighted by atomic mass is 10.3. The molecule has 23 heavy (non-hydrogen) atoms. The SMILES string of the molecule is O=C1C(=Cc2cccs2)N=C2SCN(c3ccc(F)cc3)CN12. The van der Waals surface area contributed by atoms with Crippen molar-refractivity contribution in [2.24, 2.45) is 4.99 Å². The van der Waals surface area contributed by atoms with Gasteiger partial charge in [0.1, 0.15) is 18.2 Å². The van der Waals surface area contributed by atoms with Gasteiger partial charge in [-0.2, -0.15) is 0 Å². The molecule has 0 bridgehead atoms. The van der Waals surface area contributed by atoms with Gasteiger partial charge in [0.25, 0.3) is 5.91 Å². The van der Waals surface area contributed by atoms with Crippen LogP contribution in [0.5, 0.6) is 0 Å². The highest BCUT2D eigenvalue weighted by molar-refractivity contribution is 8.14. The average molecular weight is 345 g/mol. The van der Waals surface area contributed by atoms with Crippen LogP contribution < -0.4 is 4.90 Å². The molecule has 116 valence electrons. The van der Waals surface area contributed by atoms with Gasteiger partial charge in [0.15, 0.2) is 5.17 Å². The number of thioether (sulfide) groups is 1. The summed E-state index contributed by atoms with van der Waals surface area (Å²) >= 11 is 3.09. The molecule has 0 aliphatic carbocycles. The van der Waals surface area contributed by atoms with Crippen LogP contribution in [0.4, 0.5) is 10.1 Å². The Bertz CT molecular complexity index is 799. The molecular weight excluding hydrogens is 333 g/mol. The highest BCUT2D eigenvalue weighted by Crippen LogP contribution is 2.31. The molecule has 0 atom stereocenters. The van der Waals surface area contributed by atoms with E-state index >= 15 is 0 Å².